The predicted octanol–water partition coefficient (Wildman–Crippen LogP) is 5.54. The molecule has 12 heteroatoms. The third-order valence-electron chi connectivity index (χ3n) is 5.47. The van der Waals surface area contributed by atoms with E-state index in [1.54, 1.807) is 30.3 Å². The normalized spacial score (nSPS) is 11.5. The maximum Gasteiger partial charge on any atom is 0.417 e. The molecule has 1 N–H and O–H groups in total. The summed E-state index contributed by atoms with van der Waals surface area (Å²) >= 11 is 11.8. The number of carbonyl (C=O) groups excluding carboxylic acids is 1. The van der Waals surface area contributed by atoms with Crippen molar-refractivity contribution in [3.63, 3.8) is 0 Å². The first-order valence-electron chi connectivity index (χ1n) is 10.8. The standard InChI is InChI=1S/C25H18Cl2F4N4O2/c26-18-10-8-15(9-11-18)23-33-35(24(37)34(23)13-17-4-1-2-7-20(17)28)14-21(36)32-12-16-5-3-6-19(22(16)27)25(29,30)31/h1-11H,12-14H2,(H,32,36). The summed E-state index contributed by atoms with van der Waals surface area (Å²) < 4.78 is 55.7. The van der Waals surface area contributed by atoms with Crippen molar-refractivity contribution < 1.29 is 22.4 Å². The molecule has 0 fully saturated rings. The van der Waals surface area contributed by atoms with Crippen LogP contribution in [0.1, 0.15) is 16.7 Å². The molecule has 1 amide bonds. The van der Waals surface area contributed by atoms with Gasteiger partial charge in [0.1, 0.15) is 12.4 Å². The fourth-order valence-electron chi connectivity index (χ4n) is 3.62. The Morgan fingerprint density at radius 1 is 0.946 bits per heavy atom. The van der Waals surface area contributed by atoms with Gasteiger partial charge in [-0.05, 0) is 42.0 Å². The SMILES string of the molecule is O=C(Cn1nc(-c2ccc(Cl)cc2)n(Cc2ccccc2F)c1=O)NCc1cccc(C(F)(F)F)c1Cl. The van der Waals surface area contributed by atoms with Crippen LogP contribution in [0, 0.1) is 5.82 Å². The average Bonchev–Trinajstić information content (AvgIpc) is 3.14. The van der Waals surface area contributed by atoms with Gasteiger partial charge in [0.25, 0.3) is 0 Å². The van der Waals surface area contributed by atoms with E-state index in [0.717, 1.165) is 10.7 Å². The Morgan fingerprint density at radius 3 is 2.30 bits per heavy atom. The van der Waals surface area contributed by atoms with Gasteiger partial charge in [0.05, 0.1) is 17.1 Å². The summed E-state index contributed by atoms with van der Waals surface area (Å²) in [6.07, 6.45) is -4.65. The molecular weight excluding hydrogens is 535 g/mol. The minimum atomic E-state index is -4.65. The van der Waals surface area contributed by atoms with Crippen molar-refractivity contribution >= 4 is 29.1 Å². The third kappa shape index (κ3) is 6.03. The lowest BCUT2D eigenvalue weighted by Crippen LogP contribution is -2.33. The van der Waals surface area contributed by atoms with Crippen LogP contribution >= 0.6 is 23.2 Å². The topological polar surface area (TPSA) is 68.9 Å². The summed E-state index contributed by atoms with van der Waals surface area (Å²) in [5, 5.41) is 6.65. The van der Waals surface area contributed by atoms with Crippen LogP contribution in [-0.2, 0) is 30.6 Å². The number of hydrogen-bond acceptors (Lipinski definition) is 3. The van der Waals surface area contributed by atoms with Crippen molar-refractivity contribution in [2.75, 3.05) is 0 Å². The van der Waals surface area contributed by atoms with Gasteiger partial charge in [0.15, 0.2) is 5.82 Å². The molecule has 0 aliphatic rings. The molecule has 6 nitrogen and oxygen atoms in total. The molecule has 0 aliphatic heterocycles. The van der Waals surface area contributed by atoms with Gasteiger partial charge in [-0.1, -0.05) is 53.5 Å². The van der Waals surface area contributed by atoms with Crippen LogP contribution in [0.4, 0.5) is 17.6 Å². The van der Waals surface area contributed by atoms with Crippen LogP contribution in [0.25, 0.3) is 11.4 Å². The first-order valence-corrected chi connectivity index (χ1v) is 11.6. The summed E-state index contributed by atoms with van der Waals surface area (Å²) in [6.45, 7) is -0.971. The zero-order valence-electron chi connectivity index (χ0n) is 18.9. The van der Waals surface area contributed by atoms with Crippen molar-refractivity contribution in [2.45, 2.75) is 25.8 Å². The van der Waals surface area contributed by atoms with E-state index in [0.29, 0.717) is 10.6 Å². The Balaban J connectivity index is 1.59. The molecule has 0 bridgehead atoms. The molecular formula is C25H18Cl2F4N4O2. The number of carbonyl (C=O) groups is 1. The van der Waals surface area contributed by atoms with Crippen molar-refractivity contribution in [3.05, 3.63) is 110 Å². The number of rotatable bonds is 7. The second-order valence-electron chi connectivity index (χ2n) is 8.00. The molecule has 0 spiro atoms. The summed E-state index contributed by atoms with van der Waals surface area (Å²) in [7, 11) is 0. The Bertz CT molecular complexity index is 1500. The highest BCUT2D eigenvalue weighted by Gasteiger charge is 2.33. The lowest BCUT2D eigenvalue weighted by atomic mass is 10.1. The van der Waals surface area contributed by atoms with Crippen LogP contribution in [-0.4, -0.2) is 20.3 Å². The monoisotopic (exact) mass is 552 g/mol. The van der Waals surface area contributed by atoms with Gasteiger partial charge in [-0.2, -0.15) is 13.2 Å². The highest BCUT2D eigenvalue weighted by molar-refractivity contribution is 6.32. The van der Waals surface area contributed by atoms with Gasteiger partial charge < -0.3 is 5.32 Å². The van der Waals surface area contributed by atoms with Gasteiger partial charge in [0, 0.05) is 22.7 Å². The molecule has 3 aromatic carbocycles. The molecule has 0 saturated carbocycles. The average molecular weight is 553 g/mol. The molecule has 0 radical (unpaired) electrons. The molecule has 0 unspecified atom stereocenters. The zero-order chi connectivity index (χ0) is 26.7. The summed E-state index contributed by atoms with van der Waals surface area (Å²) in [5.41, 5.74) is -0.892. The molecule has 1 aromatic heterocycles. The Labute approximate surface area is 218 Å². The second-order valence-corrected chi connectivity index (χ2v) is 8.82. The van der Waals surface area contributed by atoms with Crippen LogP contribution in [0.2, 0.25) is 10.0 Å². The molecule has 1 heterocycles. The number of amides is 1. The lowest BCUT2D eigenvalue weighted by molar-refractivity contribution is -0.137. The van der Waals surface area contributed by atoms with Gasteiger partial charge in [-0.3, -0.25) is 9.36 Å². The van der Waals surface area contributed by atoms with Gasteiger partial charge in [-0.25, -0.2) is 13.9 Å². The molecule has 192 valence electrons. The number of nitrogens with one attached hydrogen (secondary N) is 1. The smallest absolute Gasteiger partial charge is 0.350 e. The maximum atomic E-state index is 14.3. The van der Waals surface area contributed by atoms with Gasteiger partial charge in [-0.15, -0.1) is 5.10 Å². The number of halogens is 6. The van der Waals surface area contributed by atoms with E-state index in [1.807, 2.05) is 0 Å². The first-order chi connectivity index (χ1) is 17.5. The number of aromatic nitrogens is 3. The molecule has 0 saturated heterocycles. The highest BCUT2D eigenvalue weighted by atomic mass is 35.5. The minimum Gasteiger partial charge on any atom is -0.350 e. The van der Waals surface area contributed by atoms with Crippen molar-refractivity contribution in [3.8, 4) is 11.4 Å². The van der Waals surface area contributed by atoms with E-state index in [2.05, 4.69) is 10.4 Å². The van der Waals surface area contributed by atoms with E-state index in [4.69, 9.17) is 23.2 Å². The maximum absolute atomic E-state index is 14.3. The Hall–Kier alpha value is -3.63. The summed E-state index contributed by atoms with van der Waals surface area (Å²) in [6, 6.07) is 15.8. The number of benzene rings is 3. The van der Waals surface area contributed by atoms with Crippen molar-refractivity contribution in [2.24, 2.45) is 0 Å². The fraction of sp³-hybridized carbons (Fsp3) is 0.160. The van der Waals surface area contributed by atoms with E-state index < -0.39 is 40.7 Å². The van der Waals surface area contributed by atoms with Gasteiger partial charge >= 0.3 is 11.9 Å². The molecule has 0 atom stereocenters. The van der Waals surface area contributed by atoms with E-state index in [-0.39, 0.29) is 30.0 Å². The largest absolute Gasteiger partial charge is 0.417 e. The number of hydrogen-bond donors (Lipinski definition) is 1. The van der Waals surface area contributed by atoms with Crippen molar-refractivity contribution in [1.82, 2.24) is 19.7 Å². The highest BCUT2D eigenvalue weighted by Crippen LogP contribution is 2.36. The van der Waals surface area contributed by atoms with Crippen LogP contribution in [0.15, 0.2) is 71.5 Å². The molecule has 4 rings (SSSR count). The van der Waals surface area contributed by atoms with Gasteiger partial charge in [0.2, 0.25) is 5.91 Å². The minimum absolute atomic E-state index is 0.0594. The Kier molecular flexibility index (Phi) is 7.70. The van der Waals surface area contributed by atoms with E-state index in [1.165, 1.54) is 34.9 Å². The lowest BCUT2D eigenvalue weighted by Gasteiger charge is -2.12. The first kappa shape index (κ1) is 26.4. The quantitative estimate of drug-likeness (QED) is 0.306. The van der Waals surface area contributed by atoms with Crippen LogP contribution < -0.4 is 11.0 Å². The second kappa shape index (κ2) is 10.8. The summed E-state index contributed by atoms with van der Waals surface area (Å²) in [4.78, 5) is 25.7. The molecule has 0 aliphatic carbocycles. The Morgan fingerprint density at radius 2 is 1.62 bits per heavy atom. The third-order valence-corrected chi connectivity index (χ3v) is 6.16. The predicted molar refractivity (Wildman–Crippen MR) is 131 cm³/mol. The molecule has 37 heavy (non-hydrogen) atoms. The number of nitrogens with zero attached hydrogens (tertiary/aromatic N) is 3. The summed E-state index contributed by atoms with van der Waals surface area (Å²) in [5.74, 6) is -1.02. The zero-order valence-corrected chi connectivity index (χ0v) is 20.4. The molecule has 4 aromatic rings. The van der Waals surface area contributed by atoms with E-state index in [9.17, 15) is 27.2 Å². The fourth-order valence-corrected chi connectivity index (χ4v) is 4.04. The van der Waals surface area contributed by atoms with Crippen LogP contribution in [0.3, 0.4) is 0 Å². The van der Waals surface area contributed by atoms with Crippen molar-refractivity contribution in [1.29, 1.82) is 0 Å². The van der Waals surface area contributed by atoms with Crippen LogP contribution in [0.5, 0.6) is 0 Å². The number of alkyl halides is 3. The van der Waals surface area contributed by atoms with E-state index >= 15 is 0 Å².